The Morgan fingerprint density at radius 2 is 1.80 bits per heavy atom. The fourth-order valence-corrected chi connectivity index (χ4v) is 3.43. The molecule has 0 fully saturated rings. The van der Waals surface area contributed by atoms with Crippen molar-refractivity contribution in [2.45, 2.75) is 27.3 Å². The van der Waals surface area contributed by atoms with Gasteiger partial charge in [-0.2, -0.15) is 0 Å². The minimum absolute atomic E-state index is 0.0217. The number of carbonyl (C=O) groups is 1. The summed E-state index contributed by atoms with van der Waals surface area (Å²) in [6.45, 7) is 7.03. The fourth-order valence-electron chi connectivity index (χ4n) is 3.02. The molecule has 0 heterocycles. The molecule has 2 rings (SSSR count). The number of anilines is 1. The molecule has 0 saturated carbocycles. The van der Waals surface area contributed by atoms with Crippen LogP contribution in [-0.4, -0.2) is 31.5 Å². The van der Waals surface area contributed by atoms with Crippen LogP contribution in [0, 0.1) is 20.8 Å². The first-order chi connectivity index (χ1) is 11.8. The van der Waals surface area contributed by atoms with Crippen LogP contribution in [-0.2, 0) is 11.3 Å². The van der Waals surface area contributed by atoms with Gasteiger partial charge in [0.25, 0.3) is 0 Å². The Hall–Kier alpha value is -1.85. The Labute approximate surface area is 158 Å². The Morgan fingerprint density at radius 1 is 1.16 bits per heavy atom. The highest BCUT2D eigenvalue weighted by Gasteiger charge is 2.13. The van der Waals surface area contributed by atoms with Crippen molar-refractivity contribution in [2.24, 2.45) is 0 Å². The highest BCUT2D eigenvalue weighted by Crippen LogP contribution is 2.24. The van der Waals surface area contributed by atoms with E-state index >= 15 is 0 Å². The number of halogens is 1. The second-order valence-corrected chi connectivity index (χ2v) is 7.37. The Morgan fingerprint density at radius 3 is 2.40 bits per heavy atom. The maximum Gasteiger partial charge on any atom is 0.238 e. The summed E-state index contributed by atoms with van der Waals surface area (Å²) in [5.41, 5.74) is 5.31. The number of carbonyl (C=O) groups excluding carboxylic acids is 1. The molecule has 0 spiro atoms. The Bertz CT molecular complexity index is 751. The lowest BCUT2D eigenvalue weighted by Crippen LogP contribution is -2.30. The van der Waals surface area contributed by atoms with Gasteiger partial charge in [-0.25, -0.2) is 0 Å². The first-order valence-electron chi connectivity index (χ1n) is 8.18. The number of methoxy groups -OCH3 is 1. The molecule has 25 heavy (non-hydrogen) atoms. The normalized spacial score (nSPS) is 10.8. The number of nitrogens with zero attached hydrogens (tertiary/aromatic N) is 1. The van der Waals surface area contributed by atoms with Crippen LogP contribution >= 0.6 is 15.9 Å². The van der Waals surface area contributed by atoms with Crippen LogP contribution in [0.4, 0.5) is 5.69 Å². The van der Waals surface area contributed by atoms with Crippen LogP contribution < -0.4 is 10.1 Å². The van der Waals surface area contributed by atoms with Gasteiger partial charge >= 0.3 is 0 Å². The van der Waals surface area contributed by atoms with Crippen molar-refractivity contribution in [1.29, 1.82) is 0 Å². The van der Waals surface area contributed by atoms with E-state index in [1.165, 1.54) is 5.56 Å². The largest absolute Gasteiger partial charge is 0.496 e. The quantitative estimate of drug-likeness (QED) is 0.772. The number of nitrogens with one attached hydrogen (secondary N) is 1. The van der Waals surface area contributed by atoms with Gasteiger partial charge in [0.05, 0.1) is 13.7 Å². The van der Waals surface area contributed by atoms with E-state index < -0.39 is 0 Å². The molecule has 2 aromatic carbocycles. The Balaban J connectivity index is 2.03. The van der Waals surface area contributed by atoms with E-state index in [9.17, 15) is 4.79 Å². The third kappa shape index (κ3) is 5.31. The van der Waals surface area contributed by atoms with Crippen LogP contribution in [0.15, 0.2) is 34.8 Å². The SMILES string of the molecule is COc1ccc(Br)cc1CN(C)CC(=O)Nc1c(C)cc(C)cc1C. The van der Waals surface area contributed by atoms with Crippen molar-refractivity contribution in [3.05, 3.63) is 57.1 Å². The zero-order chi connectivity index (χ0) is 18.6. The van der Waals surface area contributed by atoms with Crippen molar-refractivity contribution in [2.75, 3.05) is 26.0 Å². The van der Waals surface area contributed by atoms with Crippen molar-refractivity contribution in [3.63, 3.8) is 0 Å². The summed E-state index contributed by atoms with van der Waals surface area (Å²) in [5.74, 6) is 0.798. The standard InChI is InChI=1S/C20H25BrN2O2/c1-13-8-14(2)20(15(3)9-13)22-19(24)12-23(4)11-16-10-17(21)6-7-18(16)25-5/h6-10H,11-12H2,1-5H3,(H,22,24). The van der Waals surface area contributed by atoms with Gasteiger partial charge in [0, 0.05) is 22.3 Å². The van der Waals surface area contributed by atoms with Gasteiger partial charge in [-0.3, -0.25) is 9.69 Å². The van der Waals surface area contributed by atoms with E-state index in [-0.39, 0.29) is 5.91 Å². The number of likely N-dealkylation sites (N-methyl/N-ethyl adjacent to an activating group) is 1. The molecule has 0 unspecified atom stereocenters. The maximum absolute atomic E-state index is 12.4. The molecule has 5 heteroatoms. The van der Waals surface area contributed by atoms with Crippen LogP contribution in [0.2, 0.25) is 0 Å². The summed E-state index contributed by atoms with van der Waals surface area (Å²) in [6.07, 6.45) is 0. The number of ether oxygens (including phenoxy) is 1. The van der Waals surface area contributed by atoms with Gasteiger partial charge in [-0.05, 0) is 57.1 Å². The molecule has 0 saturated heterocycles. The lowest BCUT2D eigenvalue weighted by atomic mass is 10.1. The molecular formula is C20H25BrN2O2. The van der Waals surface area contributed by atoms with E-state index in [4.69, 9.17) is 4.74 Å². The van der Waals surface area contributed by atoms with E-state index in [1.54, 1.807) is 7.11 Å². The molecule has 1 amide bonds. The highest BCUT2D eigenvalue weighted by molar-refractivity contribution is 9.10. The van der Waals surface area contributed by atoms with Gasteiger partial charge in [0.2, 0.25) is 5.91 Å². The third-order valence-corrected chi connectivity index (χ3v) is 4.53. The van der Waals surface area contributed by atoms with Crippen molar-refractivity contribution < 1.29 is 9.53 Å². The molecule has 1 N–H and O–H groups in total. The van der Waals surface area contributed by atoms with E-state index in [0.717, 1.165) is 32.6 Å². The fraction of sp³-hybridized carbons (Fsp3) is 0.350. The van der Waals surface area contributed by atoms with Crippen LogP contribution in [0.25, 0.3) is 0 Å². The summed E-state index contributed by atoms with van der Waals surface area (Å²) in [7, 11) is 3.58. The summed E-state index contributed by atoms with van der Waals surface area (Å²) in [5, 5.41) is 3.04. The van der Waals surface area contributed by atoms with E-state index in [0.29, 0.717) is 13.1 Å². The molecule has 0 atom stereocenters. The summed E-state index contributed by atoms with van der Waals surface area (Å²) >= 11 is 3.48. The number of benzene rings is 2. The van der Waals surface area contributed by atoms with E-state index in [1.807, 2.05) is 44.0 Å². The number of rotatable bonds is 6. The lowest BCUT2D eigenvalue weighted by molar-refractivity contribution is -0.117. The predicted octanol–water partition coefficient (Wildman–Crippen LogP) is 4.45. The number of aryl methyl sites for hydroxylation is 3. The van der Waals surface area contributed by atoms with Crippen LogP contribution in [0.3, 0.4) is 0 Å². The smallest absolute Gasteiger partial charge is 0.238 e. The van der Waals surface area contributed by atoms with Gasteiger partial charge in [0.1, 0.15) is 5.75 Å². The third-order valence-electron chi connectivity index (χ3n) is 4.04. The second kappa shape index (κ2) is 8.50. The average molecular weight is 405 g/mol. The van der Waals surface area contributed by atoms with E-state index in [2.05, 4.69) is 40.3 Å². The van der Waals surface area contributed by atoms with Gasteiger partial charge < -0.3 is 10.1 Å². The van der Waals surface area contributed by atoms with Crippen molar-refractivity contribution >= 4 is 27.5 Å². The average Bonchev–Trinajstić information content (AvgIpc) is 2.51. The van der Waals surface area contributed by atoms with Gasteiger partial charge in [-0.1, -0.05) is 33.6 Å². The lowest BCUT2D eigenvalue weighted by Gasteiger charge is -2.19. The first kappa shape index (κ1) is 19.5. The minimum Gasteiger partial charge on any atom is -0.496 e. The maximum atomic E-state index is 12.4. The molecular weight excluding hydrogens is 380 g/mol. The molecule has 0 bridgehead atoms. The van der Waals surface area contributed by atoms with Crippen molar-refractivity contribution in [1.82, 2.24) is 4.90 Å². The molecule has 0 aliphatic carbocycles. The van der Waals surface area contributed by atoms with Gasteiger partial charge in [0.15, 0.2) is 0 Å². The molecule has 0 radical (unpaired) electrons. The number of hydrogen-bond acceptors (Lipinski definition) is 3. The molecule has 4 nitrogen and oxygen atoms in total. The highest BCUT2D eigenvalue weighted by atomic mass is 79.9. The molecule has 0 aromatic heterocycles. The molecule has 0 aliphatic heterocycles. The first-order valence-corrected chi connectivity index (χ1v) is 8.98. The predicted molar refractivity (Wildman–Crippen MR) is 106 cm³/mol. The second-order valence-electron chi connectivity index (χ2n) is 6.45. The monoisotopic (exact) mass is 404 g/mol. The molecule has 134 valence electrons. The Kier molecular flexibility index (Phi) is 6.62. The zero-order valence-electron chi connectivity index (χ0n) is 15.4. The van der Waals surface area contributed by atoms with Crippen LogP contribution in [0.1, 0.15) is 22.3 Å². The molecule has 2 aromatic rings. The number of amides is 1. The summed E-state index contributed by atoms with van der Waals surface area (Å²) in [6, 6.07) is 10.0. The van der Waals surface area contributed by atoms with Crippen molar-refractivity contribution in [3.8, 4) is 5.75 Å². The minimum atomic E-state index is -0.0217. The zero-order valence-corrected chi connectivity index (χ0v) is 17.0. The van der Waals surface area contributed by atoms with Crippen LogP contribution in [0.5, 0.6) is 5.75 Å². The summed E-state index contributed by atoms with van der Waals surface area (Å²) < 4.78 is 6.39. The van der Waals surface area contributed by atoms with Gasteiger partial charge in [-0.15, -0.1) is 0 Å². The number of hydrogen-bond donors (Lipinski definition) is 1. The topological polar surface area (TPSA) is 41.6 Å². The summed E-state index contributed by atoms with van der Waals surface area (Å²) in [4.78, 5) is 14.4. The molecule has 0 aliphatic rings.